The molecular formula is C13H21NO5. The molecule has 19 heavy (non-hydrogen) atoms. The van der Waals surface area contributed by atoms with Crippen LogP contribution >= 0.6 is 0 Å². The van der Waals surface area contributed by atoms with Crippen LogP contribution in [0.15, 0.2) is 0 Å². The van der Waals surface area contributed by atoms with E-state index in [9.17, 15) is 14.4 Å². The lowest BCUT2D eigenvalue weighted by atomic mass is 9.86. The molecule has 1 fully saturated rings. The van der Waals surface area contributed by atoms with Crippen molar-refractivity contribution in [2.45, 2.75) is 57.4 Å². The van der Waals surface area contributed by atoms with Crippen LogP contribution in [0.1, 0.15) is 51.4 Å². The molecule has 0 aromatic rings. The number of hydrogen-bond acceptors (Lipinski definition) is 3. The number of carboxylic acids is 2. The predicted molar refractivity (Wildman–Crippen MR) is 67.6 cm³/mol. The molecule has 0 heterocycles. The molecule has 1 unspecified atom stereocenters. The topological polar surface area (TPSA) is 104 Å². The lowest BCUT2D eigenvalue weighted by molar-refractivity contribution is -0.147. The summed E-state index contributed by atoms with van der Waals surface area (Å²) in [6.45, 7) is 0. The predicted octanol–water partition coefficient (Wildman–Crippen LogP) is 1.39. The summed E-state index contributed by atoms with van der Waals surface area (Å²) in [5.74, 6) is -2.38. The Balaban J connectivity index is 2.31. The fourth-order valence-electron chi connectivity index (χ4n) is 2.45. The summed E-state index contributed by atoms with van der Waals surface area (Å²) in [4.78, 5) is 32.9. The number of aliphatic carboxylic acids is 2. The normalized spacial score (nSPS) is 17.7. The van der Waals surface area contributed by atoms with E-state index in [1.165, 1.54) is 19.3 Å². The minimum absolute atomic E-state index is 0.272. The first kappa shape index (κ1) is 15.5. The van der Waals surface area contributed by atoms with Crippen molar-refractivity contribution < 1.29 is 24.6 Å². The molecule has 0 spiro atoms. The van der Waals surface area contributed by atoms with Crippen molar-refractivity contribution in [3.8, 4) is 0 Å². The van der Waals surface area contributed by atoms with Crippen molar-refractivity contribution in [2.24, 2.45) is 5.92 Å². The van der Waals surface area contributed by atoms with Crippen LogP contribution in [0.4, 0.5) is 0 Å². The second-order valence-corrected chi connectivity index (χ2v) is 5.10. The van der Waals surface area contributed by atoms with Gasteiger partial charge < -0.3 is 15.5 Å². The number of carbonyl (C=O) groups excluding carboxylic acids is 1. The van der Waals surface area contributed by atoms with E-state index in [2.05, 4.69) is 5.32 Å². The van der Waals surface area contributed by atoms with Crippen LogP contribution in [-0.4, -0.2) is 34.1 Å². The molecule has 3 N–H and O–H groups in total. The van der Waals surface area contributed by atoms with Crippen molar-refractivity contribution in [2.75, 3.05) is 0 Å². The van der Waals surface area contributed by atoms with E-state index in [4.69, 9.17) is 10.2 Å². The molecular weight excluding hydrogens is 250 g/mol. The molecule has 1 atom stereocenters. The highest BCUT2D eigenvalue weighted by atomic mass is 16.4. The van der Waals surface area contributed by atoms with Gasteiger partial charge in [0.05, 0.1) is 6.42 Å². The van der Waals surface area contributed by atoms with E-state index in [1.807, 2.05) is 0 Å². The Morgan fingerprint density at radius 3 is 2.26 bits per heavy atom. The molecule has 0 bridgehead atoms. The van der Waals surface area contributed by atoms with Gasteiger partial charge in [0.2, 0.25) is 5.91 Å². The molecule has 108 valence electrons. The van der Waals surface area contributed by atoms with Gasteiger partial charge >= 0.3 is 11.9 Å². The minimum atomic E-state index is -1.34. The number of rotatable bonds is 7. The Hall–Kier alpha value is -1.59. The Morgan fingerprint density at radius 2 is 1.74 bits per heavy atom. The first-order chi connectivity index (χ1) is 8.99. The Labute approximate surface area is 112 Å². The van der Waals surface area contributed by atoms with Crippen molar-refractivity contribution in [3.63, 3.8) is 0 Å². The van der Waals surface area contributed by atoms with Gasteiger partial charge in [-0.1, -0.05) is 32.1 Å². The maximum absolute atomic E-state index is 11.6. The molecule has 0 aliphatic heterocycles. The zero-order valence-electron chi connectivity index (χ0n) is 10.9. The maximum atomic E-state index is 11.6. The summed E-state index contributed by atoms with van der Waals surface area (Å²) in [5.41, 5.74) is 0. The van der Waals surface area contributed by atoms with E-state index < -0.39 is 24.4 Å². The van der Waals surface area contributed by atoms with Crippen LogP contribution in [0.2, 0.25) is 0 Å². The van der Waals surface area contributed by atoms with Gasteiger partial charge in [-0.15, -0.1) is 0 Å². The lowest BCUT2D eigenvalue weighted by Crippen LogP contribution is -2.42. The molecule has 6 heteroatoms. The first-order valence-electron chi connectivity index (χ1n) is 6.73. The quantitative estimate of drug-likeness (QED) is 0.649. The number of nitrogens with one attached hydrogen (secondary N) is 1. The Bertz CT molecular complexity index is 336. The van der Waals surface area contributed by atoms with Gasteiger partial charge in [-0.05, 0) is 12.3 Å². The Kier molecular flexibility index (Phi) is 6.32. The van der Waals surface area contributed by atoms with E-state index >= 15 is 0 Å². The van der Waals surface area contributed by atoms with Gasteiger partial charge in [0, 0.05) is 6.42 Å². The average molecular weight is 271 g/mol. The third-order valence-corrected chi connectivity index (χ3v) is 3.52. The fourth-order valence-corrected chi connectivity index (χ4v) is 2.45. The smallest absolute Gasteiger partial charge is 0.326 e. The summed E-state index contributed by atoms with van der Waals surface area (Å²) in [6.07, 6.45) is 6.34. The SMILES string of the molecule is O=C(O)CC(NC(=O)CCC1CCCCC1)C(=O)O. The van der Waals surface area contributed by atoms with E-state index in [0.29, 0.717) is 5.92 Å². The van der Waals surface area contributed by atoms with Crippen molar-refractivity contribution in [1.29, 1.82) is 0 Å². The van der Waals surface area contributed by atoms with Crippen molar-refractivity contribution in [1.82, 2.24) is 5.32 Å². The van der Waals surface area contributed by atoms with Crippen LogP contribution in [0.5, 0.6) is 0 Å². The summed E-state index contributed by atoms with van der Waals surface area (Å²) in [5, 5.41) is 19.6. The number of carboxylic acid groups (broad SMARTS) is 2. The number of hydrogen-bond donors (Lipinski definition) is 3. The third kappa shape index (κ3) is 6.22. The van der Waals surface area contributed by atoms with Gasteiger partial charge in [-0.25, -0.2) is 4.79 Å². The second kappa shape index (κ2) is 7.76. The van der Waals surface area contributed by atoms with Crippen LogP contribution < -0.4 is 5.32 Å². The highest BCUT2D eigenvalue weighted by Gasteiger charge is 2.23. The molecule has 6 nitrogen and oxygen atoms in total. The van der Waals surface area contributed by atoms with Gasteiger partial charge in [-0.2, -0.15) is 0 Å². The highest BCUT2D eigenvalue weighted by molar-refractivity contribution is 5.86. The zero-order valence-corrected chi connectivity index (χ0v) is 10.9. The number of carbonyl (C=O) groups is 3. The third-order valence-electron chi connectivity index (χ3n) is 3.52. The van der Waals surface area contributed by atoms with Crippen LogP contribution in [0.25, 0.3) is 0 Å². The van der Waals surface area contributed by atoms with Gasteiger partial charge in [-0.3, -0.25) is 9.59 Å². The Morgan fingerprint density at radius 1 is 1.11 bits per heavy atom. The maximum Gasteiger partial charge on any atom is 0.326 e. The molecule has 1 aliphatic rings. The highest BCUT2D eigenvalue weighted by Crippen LogP contribution is 2.27. The lowest BCUT2D eigenvalue weighted by Gasteiger charge is -2.21. The van der Waals surface area contributed by atoms with E-state index in [1.54, 1.807) is 0 Å². The molecule has 1 amide bonds. The first-order valence-corrected chi connectivity index (χ1v) is 6.73. The van der Waals surface area contributed by atoms with Gasteiger partial charge in [0.15, 0.2) is 0 Å². The van der Waals surface area contributed by atoms with Crippen LogP contribution in [-0.2, 0) is 14.4 Å². The summed E-state index contributed by atoms with van der Waals surface area (Å²) < 4.78 is 0. The van der Waals surface area contributed by atoms with Crippen molar-refractivity contribution in [3.05, 3.63) is 0 Å². The fraction of sp³-hybridized carbons (Fsp3) is 0.769. The molecule has 1 aliphatic carbocycles. The zero-order chi connectivity index (χ0) is 14.3. The number of amides is 1. The minimum Gasteiger partial charge on any atom is -0.481 e. The van der Waals surface area contributed by atoms with Gasteiger partial charge in [0.1, 0.15) is 6.04 Å². The molecule has 0 saturated heterocycles. The van der Waals surface area contributed by atoms with Crippen LogP contribution in [0.3, 0.4) is 0 Å². The summed E-state index contributed by atoms with van der Waals surface area (Å²) >= 11 is 0. The summed E-state index contributed by atoms with van der Waals surface area (Å²) in [6, 6.07) is -1.34. The second-order valence-electron chi connectivity index (χ2n) is 5.10. The molecule has 0 aromatic heterocycles. The standard InChI is InChI=1S/C13H21NO5/c15-11(7-6-9-4-2-1-3-5-9)14-10(13(18)19)8-12(16)17/h9-10H,1-8H2,(H,14,15)(H,16,17)(H,18,19). The van der Waals surface area contributed by atoms with Crippen LogP contribution in [0, 0.1) is 5.92 Å². The molecule has 1 saturated carbocycles. The molecule has 0 radical (unpaired) electrons. The van der Waals surface area contributed by atoms with E-state index in [0.717, 1.165) is 19.3 Å². The largest absolute Gasteiger partial charge is 0.481 e. The van der Waals surface area contributed by atoms with Gasteiger partial charge in [0.25, 0.3) is 0 Å². The molecule has 0 aromatic carbocycles. The summed E-state index contributed by atoms with van der Waals surface area (Å²) in [7, 11) is 0. The average Bonchev–Trinajstić information content (AvgIpc) is 2.36. The van der Waals surface area contributed by atoms with Crippen molar-refractivity contribution >= 4 is 17.8 Å². The van der Waals surface area contributed by atoms with E-state index in [-0.39, 0.29) is 12.3 Å². The monoisotopic (exact) mass is 271 g/mol. The molecule has 1 rings (SSSR count).